The van der Waals surface area contributed by atoms with Crippen molar-refractivity contribution < 1.29 is 4.79 Å². The number of unbranched alkanes of at least 4 members (excludes halogenated alkanes) is 2. The first-order chi connectivity index (χ1) is 14.0. The highest BCUT2D eigenvalue weighted by molar-refractivity contribution is 6.30. The molecule has 0 aliphatic rings. The zero-order valence-electron chi connectivity index (χ0n) is 17.4. The molecule has 0 atom stereocenters. The minimum Gasteiger partial charge on any atom is -0.315 e. The highest BCUT2D eigenvalue weighted by Gasteiger charge is 2.19. The number of fused-ring (bicyclic) bond motifs is 1. The number of nitrogens with zero attached hydrogens (tertiary/aromatic N) is 3. The molecular formula is C23H28ClN3O2. The Morgan fingerprint density at radius 3 is 2.48 bits per heavy atom. The quantitative estimate of drug-likeness (QED) is 0.451. The van der Waals surface area contributed by atoms with E-state index in [0.29, 0.717) is 22.8 Å². The van der Waals surface area contributed by atoms with Gasteiger partial charge in [0.1, 0.15) is 5.78 Å². The number of ketones is 1. The van der Waals surface area contributed by atoms with E-state index < -0.39 is 0 Å². The lowest BCUT2D eigenvalue weighted by atomic mass is 10.1. The van der Waals surface area contributed by atoms with E-state index in [-0.39, 0.29) is 17.8 Å². The van der Waals surface area contributed by atoms with Crippen LogP contribution in [0.4, 0.5) is 0 Å². The van der Waals surface area contributed by atoms with Crippen LogP contribution in [0, 0.1) is 6.92 Å². The minimum absolute atomic E-state index is 0.102. The number of hydrogen-bond donors (Lipinski definition) is 0. The number of Topliss-reactive ketones (excluding diaryl/α,β-unsaturated/α-hetero) is 1. The Morgan fingerprint density at radius 2 is 1.83 bits per heavy atom. The number of aromatic nitrogens is 3. The van der Waals surface area contributed by atoms with Gasteiger partial charge in [0, 0.05) is 47.4 Å². The maximum Gasteiger partial charge on any atom is 0.262 e. The highest BCUT2D eigenvalue weighted by atomic mass is 35.5. The van der Waals surface area contributed by atoms with Crippen molar-refractivity contribution in [3.8, 4) is 11.3 Å². The molecule has 1 aromatic carbocycles. The summed E-state index contributed by atoms with van der Waals surface area (Å²) in [6, 6.07) is 7.42. The van der Waals surface area contributed by atoms with Crippen LogP contribution < -0.4 is 5.56 Å². The van der Waals surface area contributed by atoms with Crippen molar-refractivity contribution >= 4 is 23.2 Å². The molecule has 3 rings (SSSR count). The van der Waals surface area contributed by atoms with E-state index in [1.807, 2.05) is 38.1 Å². The fraction of sp³-hybridized carbons (Fsp3) is 0.435. The molecule has 0 amide bonds. The second kappa shape index (κ2) is 9.40. The van der Waals surface area contributed by atoms with Crippen LogP contribution in [-0.2, 0) is 17.8 Å². The largest absolute Gasteiger partial charge is 0.315 e. The van der Waals surface area contributed by atoms with Crippen molar-refractivity contribution in [3.05, 3.63) is 57.1 Å². The SMILES string of the molecule is CCCCCn1c(C)c(CC(=O)CCC)c(=O)n2cc(-c3ccc(Cl)cc3)nc12. The smallest absolute Gasteiger partial charge is 0.262 e. The van der Waals surface area contributed by atoms with E-state index in [2.05, 4.69) is 11.5 Å². The summed E-state index contributed by atoms with van der Waals surface area (Å²) in [6.45, 7) is 6.84. The summed E-state index contributed by atoms with van der Waals surface area (Å²) in [5.41, 5.74) is 2.89. The van der Waals surface area contributed by atoms with Gasteiger partial charge >= 0.3 is 0 Å². The van der Waals surface area contributed by atoms with E-state index in [1.54, 1.807) is 10.6 Å². The van der Waals surface area contributed by atoms with Crippen LogP contribution in [-0.4, -0.2) is 19.7 Å². The standard InChI is InChI=1S/C23H28ClN3O2/c1-4-6-7-13-26-16(3)20(14-19(28)8-5-2)22(29)27-15-21(25-23(26)27)17-9-11-18(24)12-10-17/h9-12,15H,4-8,13-14H2,1-3H3. The molecule has 0 radical (unpaired) electrons. The average Bonchev–Trinajstić information content (AvgIpc) is 3.14. The third kappa shape index (κ3) is 4.61. The molecule has 0 saturated heterocycles. The Labute approximate surface area is 176 Å². The van der Waals surface area contributed by atoms with Gasteiger partial charge in [0.15, 0.2) is 0 Å². The van der Waals surface area contributed by atoms with Crippen molar-refractivity contribution in [2.24, 2.45) is 0 Å². The van der Waals surface area contributed by atoms with Crippen LogP contribution in [0.3, 0.4) is 0 Å². The van der Waals surface area contributed by atoms with Crippen LogP contribution >= 0.6 is 11.6 Å². The number of aryl methyl sites for hydroxylation is 1. The normalized spacial score (nSPS) is 11.3. The number of benzene rings is 1. The van der Waals surface area contributed by atoms with Gasteiger partial charge in [-0.25, -0.2) is 4.98 Å². The molecule has 0 saturated carbocycles. The second-order valence-corrected chi connectivity index (χ2v) is 7.93. The molecule has 0 fully saturated rings. The summed E-state index contributed by atoms with van der Waals surface area (Å²) < 4.78 is 3.68. The Morgan fingerprint density at radius 1 is 1.10 bits per heavy atom. The fourth-order valence-electron chi connectivity index (χ4n) is 3.64. The van der Waals surface area contributed by atoms with E-state index in [4.69, 9.17) is 16.6 Å². The van der Waals surface area contributed by atoms with Gasteiger partial charge in [-0.3, -0.25) is 14.0 Å². The first-order valence-corrected chi connectivity index (χ1v) is 10.7. The summed E-state index contributed by atoms with van der Waals surface area (Å²) in [6.07, 6.45) is 6.44. The van der Waals surface area contributed by atoms with Crippen molar-refractivity contribution in [1.29, 1.82) is 0 Å². The summed E-state index contributed by atoms with van der Waals surface area (Å²) in [4.78, 5) is 30.3. The van der Waals surface area contributed by atoms with Crippen molar-refractivity contribution in [2.45, 2.75) is 65.8 Å². The second-order valence-electron chi connectivity index (χ2n) is 7.50. The molecule has 5 nitrogen and oxygen atoms in total. The summed E-state index contributed by atoms with van der Waals surface area (Å²) in [5, 5.41) is 0.657. The molecule has 6 heteroatoms. The topological polar surface area (TPSA) is 56.4 Å². The molecule has 3 aromatic rings. The number of hydrogen-bond acceptors (Lipinski definition) is 3. The molecular weight excluding hydrogens is 386 g/mol. The van der Waals surface area contributed by atoms with E-state index in [1.165, 1.54) is 0 Å². The van der Waals surface area contributed by atoms with Gasteiger partial charge < -0.3 is 4.57 Å². The monoisotopic (exact) mass is 413 g/mol. The predicted octanol–water partition coefficient (Wildman–Crippen LogP) is 5.23. The summed E-state index contributed by atoms with van der Waals surface area (Å²) in [7, 11) is 0. The first kappa shape index (κ1) is 21.3. The van der Waals surface area contributed by atoms with Gasteiger partial charge in [0.05, 0.1) is 5.69 Å². The fourth-order valence-corrected chi connectivity index (χ4v) is 3.76. The number of carbonyl (C=O) groups is 1. The molecule has 0 unspecified atom stereocenters. The molecule has 2 aromatic heterocycles. The summed E-state index contributed by atoms with van der Waals surface area (Å²) >= 11 is 6.00. The van der Waals surface area contributed by atoms with Crippen molar-refractivity contribution in [3.63, 3.8) is 0 Å². The molecule has 0 N–H and O–H groups in total. The van der Waals surface area contributed by atoms with Gasteiger partial charge in [0.2, 0.25) is 5.78 Å². The van der Waals surface area contributed by atoms with Crippen molar-refractivity contribution in [1.82, 2.24) is 14.0 Å². The lowest BCUT2D eigenvalue weighted by molar-refractivity contribution is -0.118. The molecule has 2 heterocycles. The maximum atomic E-state index is 13.2. The molecule has 29 heavy (non-hydrogen) atoms. The third-order valence-corrected chi connectivity index (χ3v) is 5.53. The zero-order valence-corrected chi connectivity index (χ0v) is 18.1. The first-order valence-electron chi connectivity index (χ1n) is 10.3. The molecule has 0 bridgehead atoms. The number of carbonyl (C=O) groups excluding carboxylic acids is 1. The van der Waals surface area contributed by atoms with Gasteiger partial charge in [-0.15, -0.1) is 0 Å². The van der Waals surface area contributed by atoms with Gasteiger partial charge in [0.25, 0.3) is 5.56 Å². The van der Waals surface area contributed by atoms with Crippen LogP contribution in [0.2, 0.25) is 5.02 Å². The van der Waals surface area contributed by atoms with Crippen molar-refractivity contribution in [2.75, 3.05) is 0 Å². The summed E-state index contributed by atoms with van der Waals surface area (Å²) in [5.74, 6) is 0.727. The maximum absolute atomic E-state index is 13.2. The van der Waals surface area contributed by atoms with Crippen LogP contribution in [0.1, 0.15) is 57.2 Å². The van der Waals surface area contributed by atoms with Gasteiger partial charge in [-0.05, 0) is 31.9 Å². The third-order valence-electron chi connectivity index (χ3n) is 5.28. The minimum atomic E-state index is -0.151. The van der Waals surface area contributed by atoms with E-state index in [0.717, 1.165) is 49.2 Å². The molecule has 0 aliphatic carbocycles. The zero-order chi connectivity index (χ0) is 21.0. The van der Waals surface area contributed by atoms with Gasteiger partial charge in [-0.1, -0.05) is 50.4 Å². The predicted molar refractivity (Wildman–Crippen MR) is 118 cm³/mol. The number of halogens is 1. The Bertz CT molecular complexity index is 1060. The average molecular weight is 414 g/mol. The Kier molecular flexibility index (Phi) is 6.91. The lowest BCUT2D eigenvalue weighted by Gasteiger charge is -2.15. The van der Waals surface area contributed by atoms with E-state index in [9.17, 15) is 9.59 Å². The lowest BCUT2D eigenvalue weighted by Crippen LogP contribution is -2.27. The Balaban J connectivity index is 2.15. The Hall–Kier alpha value is -2.40. The molecule has 0 spiro atoms. The van der Waals surface area contributed by atoms with Crippen LogP contribution in [0.15, 0.2) is 35.3 Å². The van der Waals surface area contributed by atoms with E-state index >= 15 is 0 Å². The van der Waals surface area contributed by atoms with Gasteiger partial charge in [-0.2, -0.15) is 0 Å². The number of rotatable bonds is 9. The molecule has 154 valence electrons. The number of imidazole rings is 1. The highest BCUT2D eigenvalue weighted by Crippen LogP contribution is 2.22. The van der Waals surface area contributed by atoms with Crippen LogP contribution in [0.25, 0.3) is 17.0 Å². The van der Waals surface area contributed by atoms with Crippen LogP contribution in [0.5, 0.6) is 0 Å². The molecule has 0 aliphatic heterocycles.